The van der Waals surface area contributed by atoms with E-state index in [-0.39, 0.29) is 22.9 Å². The van der Waals surface area contributed by atoms with Gasteiger partial charge in [-0.2, -0.15) is 0 Å². The molecule has 1 N–H and O–H groups in total. The molecule has 1 aromatic carbocycles. The Labute approximate surface area is 121 Å². The SMILES string of the molecule is CC(Cl)c1ccc(C(=O)NCCc2ccc(F)cc2)o1. The number of nitrogens with one attached hydrogen (secondary N) is 1. The van der Waals surface area contributed by atoms with E-state index in [0.717, 1.165) is 5.56 Å². The van der Waals surface area contributed by atoms with Gasteiger partial charge in [-0.05, 0) is 43.2 Å². The van der Waals surface area contributed by atoms with Gasteiger partial charge >= 0.3 is 0 Å². The maximum atomic E-state index is 12.7. The topological polar surface area (TPSA) is 42.2 Å². The van der Waals surface area contributed by atoms with Crippen LogP contribution in [0.4, 0.5) is 4.39 Å². The molecule has 1 amide bonds. The molecule has 1 atom stereocenters. The first-order valence-corrected chi connectivity index (χ1v) is 6.76. The Hall–Kier alpha value is -1.81. The second-order valence-electron chi connectivity index (χ2n) is 4.45. The van der Waals surface area contributed by atoms with Crippen LogP contribution < -0.4 is 5.32 Å². The lowest BCUT2D eigenvalue weighted by Crippen LogP contribution is -2.25. The summed E-state index contributed by atoms with van der Waals surface area (Å²) in [6.07, 6.45) is 0.630. The molecule has 3 nitrogen and oxygen atoms in total. The first kappa shape index (κ1) is 14.6. The molecule has 2 aromatic rings. The fourth-order valence-corrected chi connectivity index (χ4v) is 1.86. The molecule has 0 saturated carbocycles. The van der Waals surface area contributed by atoms with E-state index in [4.69, 9.17) is 16.0 Å². The molecule has 1 heterocycles. The summed E-state index contributed by atoms with van der Waals surface area (Å²) < 4.78 is 18.1. The molecule has 0 saturated heterocycles. The van der Waals surface area contributed by atoms with Crippen molar-refractivity contribution in [3.05, 3.63) is 59.3 Å². The standard InChI is InChI=1S/C15H15ClFNO2/c1-10(16)13-6-7-14(20-13)15(19)18-9-8-11-2-4-12(17)5-3-11/h2-7,10H,8-9H2,1H3,(H,18,19). The highest BCUT2D eigenvalue weighted by molar-refractivity contribution is 6.20. The molecule has 0 radical (unpaired) electrons. The Morgan fingerprint density at radius 1 is 1.30 bits per heavy atom. The molecular weight excluding hydrogens is 281 g/mol. The van der Waals surface area contributed by atoms with Crippen LogP contribution in [0, 0.1) is 5.82 Å². The summed E-state index contributed by atoms with van der Waals surface area (Å²) in [5, 5.41) is 2.48. The van der Waals surface area contributed by atoms with Gasteiger partial charge in [0.25, 0.3) is 5.91 Å². The number of halogens is 2. The minimum atomic E-state index is -0.282. The Bertz CT molecular complexity index is 578. The van der Waals surface area contributed by atoms with Crippen molar-refractivity contribution >= 4 is 17.5 Å². The lowest BCUT2D eigenvalue weighted by Gasteiger charge is -2.04. The molecule has 0 aliphatic carbocycles. The van der Waals surface area contributed by atoms with Crippen LogP contribution in [0.3, 0.4) is 0 Å². The number of carbonyl (C=O) groups is 1. The van der Waals surface area contributed by atoms with Crippen LogP contribution >= 0.6 is 11.6 Å². The van der Waals surface area contributed by atoms with Crippen molar-refractivity contribution in [2.45, 2.75) is 18.7 Å². The largest absolute Gasteiger partial charge is 0.454 e. The van der Waals surface area contributed by atoms with E-state index in [0.29, 0.717) is 18.7 Å². The third-order valence-corrected chi connectivity index (χ3v) is 3.07. The first-order chi connectivity index (χ1) is 9.56. The molecule has 5 heteroatoms. The van der Waals surface area contributed by atoms with Crippen LogP contribution in [-0.4, -0.2) is 12.5 Å². The van der Waals surface area contributed by atoms with Gasteiger partial charge in [0.05, 0.1) is 5.38 Å². The number of amides is 1. The quantitative estimate of drug-likeness (QED) is 0.855. The summed E-state index contributed by atoms with van der Waals surface area (Å²) in [4.78, 5) is 11.8. The minimum absolute atomic E-state index is 0.242. The van der Waals surface area contributed by atoms with Crippen LogP contribution in [0.15, 0.2) is 40.8 Å². The Balaban J connectivity index is 1.84. The summed E-state index contributed by atoms with van der Waals surface area (Å²) in [6.45, 7) is 2.23. The van der Waals surface area contributed by atoms with Crippen LogP contribution in [0.25, 0.3) is 0 Å². The van der Waals surface area contributed by atoms with Crippen LogP contribution in [0.2, 0.25) is 0 Å². The third-order valence-electron chi connectivity index (χ3n) is 2.86. The molecule has 0 fully saturated rings. The maximum absolute atomic E-state index is 12.7. The zero-order valence-corrected chi connectivity index (χ0v) is 11.8. The van der Waals surface area contributed by atoms with Crippen molar-refractivity contribution in [1.29, 1.82) is 0 Å². The van der Waals surface area contributed by atoms with E-state index in [9.17, 15) is 9.18 Å². The number of rotatable bonds is 5. The lowest BCUT2D eigenvalue weighted by atomic mass is 10.1. The molecule has 20 heavy (non-hydrogen) atoms. The number of hydrogen-bond acceptors (Lipinski definition) is 2. The van der Waals surface area contributed by atoms with E-state index in [1.165, 1.54) is 12.1 Å². The zero-order valence-electron chi connectivity index (χ0n) is 11.0. The average molecular weight is 296 g/mol. The predicted octanol–water partition coefficient (Wildman–Crippen LogP) is 3.69. The van der Waals surface area contributed by atoms with E-state index in [1.54, 1.807) is 31.2 Å². The Morgan fingerprint density at radius 3 is 2.60 bits per heavy atom. The Kier molecular flexibility index (Phi) is 4.79. The number of alkyl halides is 1. The van der Waals surface area contributed by atoms with E-state index < -0.39 is 0 Å². The van der Waals surface area contributed by atoms with Crippen molar-refractivity contribution < 1.29 is 13.6 Å². The second-order valence-corrected chi connectivity index (χ2v) is 5.11. The molecule has 106 valence electrons. The van der Waals surface area contributed by atoms with Gasteiger partial charge in [-0.15, -0.1) is 11.6 Å². The maximum Gasteiger partial charge on any atom is 0.287 e. The Morgan fingerprint density at radius 2 is 2.00 bits per heavy atom. The number of benzene rings is 1. The van der Waals surface area contributed by atoms with Crippen molar-refractivity contribution in [2.75, 3.05) is 6.54 Å². The highest BCUT2D eigenvalue weighted by Gasteiger charge is 2.13. The lowest BCUT2D eigenvalue weighted by molar-refractivity contribution is 0.0924. The monoisotopic (exact) mass is 295 g/mol. The fraction of sp³-hybridized carbons (Fsp3) is 0.267. The number of carbonyl (C=O) groups excluding carboxylic acids is 1. The van der Waals surface area contributed by atoms with Crippen molar-refractivity contribution in [1.82, 2.24) is 5.32 Å². The predicted molar refractivity (Wildman–Crippen MR) is 75.4 cm³/mol. The summed E-state index contributed by atoms with van der Waals surface area (Å²) in [7, 11) is 0. The van der Waals surface area contributed by atoms with Gasteiger partial charge in [0.1, 0.15) is 11.6 Å². The second kappa shape index (κ2) is 6.57. The minimum Gasteiger partial charge on any atom is -0.454 e. The van der Waals surface area contributed by atoms with Gasteiger partial charge < -0.3 is 9.73 Å². The van der Waals surface area contributed by atoms with E-state index >= 15 is 0 Å². The summed E-state index contributed by atoms with van der Waals surface area (Å²) in [5.74, 6) is 0.258. The first-order valence-electron chi connectivity index (χ1n) is 6.32. The molecule has 0 spiro atoms. The van der Waals surface area contributed by atoms with Gasteiger partial charge in [-0.1, -0.05) is 12.1 Å². The molecule has 0 aliphatic heterocycles. The molecule has 1 unspecified atom stereocenters. The molecule has 1 aromatic heterocycles. The van der Waals surface area contributed by atoms with E-state index in [1.807, 2.05) is 0 Å². The highest BCUT2D eigenvalue weighted by Crippen LogP contribution is 2.21. The third kappa shape index (κ3) is 3.84. The summed E-state index contributed by atoms with van der Waals surface area (Å²) in [6, 6.07) is 9.48. The van der Waals surface area contributed by atoms with Crippen LogP contribution in [0.5, 0.6) is 0 Å². The van der Waals surface area contributed by atoms with E-state index in [2.05, 4.69) is 5.32 Å². The normalized spacial score (nSPS) is 12.2. The smallest absolute Gasteiger partial charge is 0.287 e. The highest BCUT2D eigenvalue weighted by atomic mass is 35.5. The van der Waals surface area contributed by atoms with Crippen molar-refractivity contribution in [3.63, 3.8) is 0 Å². The molecule has 0 aliphatic rings. The van der Waals surface area contributed by atoms with Crippen molar-refractivity contribution in [2.24, 2.45) is 0 Å². The van der Waals surface area contributed by atoms with Crippen molar-refractivity contribution in [3.8, 4) is 0 Å². The summed E-state index contributed by atoms with van der Waals surface area (Å²) in [5.41, 5.74) is 0.959. The molecular formula is C15H15ClFNO2. The van der Waals surface area contributed by atoms with Gasteiger partial charge in [0, 0.05) is 6.54 Å². The van der Waals surface area contributed by atoms with Gasteiger partial charge in [-0.3, -0.25) is 4.79 Å². The average Bonchev–Trinajstić information content (AvgIpc) is 2.91. The van der Waals surface area contributed by atoms with Gasteiger partial charge in [-0.25, -0.2) is 4.39 Å². The fourth-order valence-electron chi connectivity index (χ4n) is 1.75. The van der Waals surface area contributed by atoms with Gasteiger partial charge in [0.15, 0.2) is 5.76 Å². The molecule has 0 bridgehead atoms. The van der Waals surface area contributed by atoms with Gasteiger partial charge in [0.2, 0.25) is 0 Å². The number of hydrogen-bond donors (Lipinski definition) is 1. The van der Waals surface area contributed by atoms with Crippen LogP contribution in [-0.2, 0) is 6.42 Å². The number of furan rings is 1. The zero-order chi connectivity index (χ0) is 14.5. The van der Waals surface area contributed by atoms with Crippen LogP contribution in [0.1, 0.15) is 34.2 Å². The molecule has 2 rings (SSSR count). The summed E-state index contributed by atoms with van der Waals surface area (Å²) >= 11 is 5.86.